The minimum Gasteiger partial charge on any atom is -0.475 e. The van der Waals surface area contributed by atoms with E-state index in [1.807, 2.05) is 43.6 Å². The van der Waals surface area contributed by atoms with Gasteiger partial charge in [0.1, 0.15) is 11.4 Å². The molecule has 3 aromatic rings. The lowest BCUT2D eigenvalue weighted by atomic mass is 9.97. The molecule has 8 nitrogen and oxygen atoms in total. The number of carbonyl (C=O) groups is 1. The second-order valence-corrected chi connectivity index (χ2v) is 6.98. The number of hydrogen-bond acceptors (Lipinski definition) is 7. The Bertz CT molecular complexity index is 903. The zero-order valence-electron chi connectivity index (χ0n) is 15.0. The molecule has 0 bridgehead atoms. The van der Waals surface area contributed by atoms with Crippen LogP contribution in [0, 0.1) is 0 Å². The van der Waals surface area contributed by atoms with Gasteiger partial charge in [-0.1, -0.05) is 23.4 Å². The van der Waals surface area contributed by atoms with Gasteiger partial charge in [-0.3, -0.25) is 0 Å². The van der Waals surface area contributed by atoms with E-state index in [1.54, 1.807) is 16.0 Å². The number of aromatic nitrogens is 4. The molecule has 3 aromatic heterocycles. The van der Waals surface area contributed by atoms with Crippen molar-refractivity contribution < 1.29 is 27.6 Å². The van der Waals surface area contributed by atoms with Crippen LogP contribution in [0.25, 0.3) is 10.6 Å². The van der Waals surface area contributed by atoms with Crippen LogP contribution < -0.4 is 5.73 Å². The molecule has 1 atom stereocenters. The van der Waals surface area contributed by atoms with E-state index in [-0.39, 0.29) is 0 Å². The van der Waals surface area contributed by atoms with Crippen molar-refractivity contribution in [3.05, 3.63) is 41.2 Å². The van der Waals surface area contributed by atoms with Crippen LogP contribution in [0.4, 0.5) is 13.2 Å². The molecule has 0 radical (unpaired) electrons. The molecule has 28 heavy (non-hydrogen) atoms. The van der Waals surface area contributed by atoms with E-state index in [4.69, 9.17) is 20.2 Å². The fourth-order valence-electron chi connectivity index (χ4n) is 1.91. The van der Waals surface area contributed by atoms with Gasteiger partial charge in [0, 0.05) is 6.07 Å². The molecular formula is C16H18F3N5O3S. The molecule has 3 N–H and O–H groups in total. The van der Waals surface area contributed by atoms with Gasteiger partial charge in [-0.05, 0) is 24.8 Å². The van der Waals surface area contributed by atoms with E-state index < -0.39 is 17.7 Å². The summed E-state index contributed by atoms with van der Waals surface area (Å²) in [5, 5.41) is 21.5. The predicted octanol–water partition coefficient (Wildman–Crippen LogP) is 3.26. The lowest BCUT2D eigenvalue weighted by Crippen LogP contribution is -2.32. The zero-order chi connectivity index (χ0) is 20.9. The van der Waals surface area contributed by atoms with E-state index >= 15 is 0 Å². The number of halogens is 3. The molecular weight excluding hydrogens is 399 g/mol. The molecule has 0 saturated carbocycles. The van der Waals surface area contributed by atoms with Crippen molar-refractivity contribution in [1.29, 1.82) is 0 Å². The Labute approximate surface area is 161 Å². The molecule has 0 aliphatic heterocycles. The normalized spacial score (nSPS) is 13.5. The molecule has 0 amide bonds. The second-order valence-electron chi connectivity index (χ2n) is 6.04. The van der Waals surface area contributed by atoms with Gasteiger partial charge < -0.3 is 15.4 Å². The number of aliphatic carboxylic acids is 1. The molecule has 12 heteroatoms. The van der Waals surface area contributed by atoms with Gasteiger partial charge in [0.25, 0.3) is 0 Å². The van der Waals surface area contributed by atoms with Gasteiger partial charge in [-0.15, -0.1) is 16.4 Å². The van der Waals surface area contributed by atoms with Crippen LogP contribution in [0.2, 0.25) is 0 Å². The van der Waals surface area contributed by atoms with E-state index in [1.165, 1.54) is 0 Å². The Morgan fingerprint density at radius 1 is 1.43 bits per heavy atom. The lowest BCUT2D eigenvalue weighted by molar-refractivity contribution is -0.192. The summed E-state index contributed by atoms with van der Waals surface area (Å²) in [5.74, 6) is -1.98. The highest BCUT2D eigenvalue weighted by molar-refractivity contribution is 7.13. The Morgan fingerprint density at radius 2 is 2.11 bits per heavy atom. The molecule has 152 valence electrons. The summed E-state index contributed by atoms with van der Waals surface area (Å²) in [6.45, 7) is 4.50. The molecule has 0 saturated heterocycles. The Hall–Kier alpha value is -2.73. The second kappa shape index (κ2) is 8.52. The summed E-state index contributed by atoms with van der Waals surface area (Å²) in [6, 6.07) is 5.91. The summed E-state index contributed by atoms with van der Waals surface area (Å²) < 4.78 is 38.8. The van der Waals surface area contributed by atoms with E-state index in [2.05, 4.69) is 15.5 Å². The number of nitrogens with two attached hydrogens (primary N) is 1. The monoisotopic (exact) mass is 417 g/mol. The Kier molecular flexibility index (Phi) is 6.56. The van der Waals surface area contributed by atoms with Crippen LogP contribution in [-0.4, -0.2) is 37.4 Å². The van der Waals surface area contributed by atoms with E-state index in [9.17, 15) is 13.2 Å². The number of thiophene rings is 1. The van der Waals surface area contributed by atoms with Gasteiger partial charge in [-0.25, -0.2) is 9.48 Å². The lowest BCUT2D eigenvalue weighted by Gasteiger charge is -2.18. The number of alkyl halides is 3. The first-order valence-electron chi connectivity index (χ1n) is 8.02. The SMILES string of the molecule is CCC(C)(N)c1cn(Cc2cc(-c3cccs3)on2)nn1.O=C(O)C(F)(F)F. The van der Waals surface area contributed by atoms with Crippen LogP contribution in [0.3, 0.4) is 0 Å². The number of hydrogen-bond donors (Lipinski definition) is 2. The van der Waals surface area contributed by atoms with Crippen LogP contribution in [0.15, 0.2) is 34.3 Å². The van der Waals surface area contributed by atoms with Crippen molar-refractivity contribution in [2.24, 2.45) is 5.73 Å². The van der Waals surface area contributed by atoms with Crippen molar-refractivity contribution in [1.82, 2.24) is 20.2 Å². The summed E-state index contributed by atoms with van der Waals surface area (Å²) in [6.07, 6.45) is -2.42. The molecule has 0 fully saturated rings. The first-order chi connectivity index (χ1) is 13.0. The summed E-state index contributed by atoms with van der Waals surface area (Å²) in [4.78, 5) is 9.96. The highest BCUT2D eigenvalue weighted by atomic mass is 32.1. The topological polar surface area (TPSA) is 120 Å². The third kappa shape index (κ3) is 5.63. The highest BCUT2D eigenvalue weighted by Crippen LogP contribution is 2.25. The van der Waals surface area contributed by atoms with Crippen LogP contribution in [0.1, 0.15) is 31.7 Å². The summed E-state index contributed by atoms with van der Waals surface area (Å²) in [7, 11) is 0. The minimum absolute atomic E-state index is 0.454. The standard InChI is InChI=1S/C14H17N5OS.C2HF3O2/c1-3-14(2,15)13-9-19(18-16-13)8-10-7-11(20-17-10)12-5-4-6-21-12;3-2(4,5)1(6)7/h4-7,9H,3,8,15H2,1-2H3;(H,6,7). The first kappa shape index (κ1) is 21.6. The smallest absolute Gasteiger partial charge is 0.475 e. The number of nitrogens with zero attached hydrogens (tertiary/aromatic N) is 4. The predicted molar refractivity (Wildman–Crippen MR) is 94.5 cm³/mol. The van der Waals surface area contributed by atoms with Crippen molar-refractivity contribution >= 4 is 17.3 Å². The molecule has 0 spiro atoms. The van der Waals surface area contributed by atoms with Crippen molar-refractivity contribution in [3.63, 3.8) is 0 Å². The van der Waals surface area contributed by atoms with Crippen molar-refractivity contribution in [3.8, 4) is 10.6 Å². The fraction of sp³-hybridized carbons (Fsp3) is 0.375. The van der Waals surface area contributed by atoms with Gasteiger partial charge in [0.2, 0.25) is 0 Å². The molecule has 3 heterocycles. The van der Waals surface area contributed by atoms with Crippen LogP contribution in [0.5, 0.6) is 0 Å². The highest BCUT2D eigenvalue weighted by Gasteiger charge is 2.38. The van der Waals surface area contributed by atoms with Gasteiger partial charge in [-0.2, -0.15) is 13.2 Å². The average Bonchev–Trinajstić information content (AvgIpc) is 3.36. The molecule has 3 rings (SSSR count). The maximum Gasteiger partial charge on any atom is 0.490 e. The Morgan fingerprint density at radius 3 is 2.64 bits per heavy atom. The number of rotatable bonds is 5. The summed E-state index contributed by atoms with van der Waals surface area (Å²) >= 11 is 1.62. The largest absolute Gasteiger partial charge is 0.490 e. The van der Waals surface area contributed by atoms with Crippen molar-refractivity contribution in [2.75, 3.05) is 0 Å². The molecule has 1 unspecified atom stereocenters. The van der Waals surface area contributed by atoms with E-state index in [0.717, 1.165) is 28.4 Å². The summed E-state index contributed by atoms with van der Waals surface area (Å²) in [5.41, 5.74) is 7.30. The maximum absolute atomic E-state index is 10.6. The fourth-order valence-corrected chi connectivity index (χ4v) is 2.58. The molecule has 0 aliphatic rings. The third-order valence-electron chi connectivity index (χ3n) is 3.75. The van der Waals surface area contributed by atoms with E-state index in [0.29, 0.717) is 6.54 Å². The van der Waals surface area contributed by atoms with Crippen LogP contribution in [-0.2, 0) is 16.9 Å². The Balaban J connectivity index is 0.000000345. The zero-order valence-corrected chi connectivity index (χ0v) is 15.8. The quantitative estimate of drug-likeness (QED) is 0.654. The average molecular weight is 417 g/mol. The maximum atomic E-state index is 10.6. The van der Waals surface area contributed by atoms with Gasteiger partial charge in [0.05, 0.1) is 23.2 Å². The van der Waals surface area contributed by atoms with Crippen LogP contribution >= 0.6 is 11.3 Å². The molecule has 0 aromatic carbocycles. The van der Waals surface area contributed by atoms with Gasteiger partial charge >= 0.3 is 12.1 Å². The third-order valence-corrected chi connectivity index (χ3v) is 4.63. The minimum atomic E-state index is -5.08. The number of carboxylic acid groups (broad SMARTS) is 1. The first-order valence-corrected chi connectivity index (χ1v) is 8.90. The van der Waals surface area contributed by atoms with Crippen molar-refractivity contribution in [2.45, 2.75) is 38.5 Å². The van der Waals surface area contributed by atoms with Gasteiger partial charge in [0.15, 0.2) is 5.76 Å². The number of carboxylic acids is 1. The molecule has 0 aliphatic carbocycles.